The first-order valence-electron chi connectivity index (χ1n) is 7.40. The lowest BCUT2D eigenvalue weighted by atomic mass is 9.96. The zero-order chi connectivity index (χ0) is 12.4. The van der Waals surface area contributed by atoms with E-state index in [1.807, 2.05) is 11.8 Å². The van der Waals surface area contributed by atoms with E-state index in [1.165, 1.54) is 38.5 Å². The van der Waals surface area contributed by atoms with E-state index in [9.17, 15) is 5.11 Å². The molecule has 3 aliphatic rings. The molecule has 0 amide bonds. The summed E-state index contributed by atoms with van der Waals surface area (Å²) in [4.78, 5) is 0. The van der Waals surface area contributed by atoms with Gasteiger partial charge in [-0.05, 0) is 44.4 Å². The van der Waals surface area contributed by atoms with Crippen LogP contribution in [0.1, 0.15) is 38.5 Å². The van der Waals surface area contributed by atoms with E-state index in [4.69, 9.17) is 4.74 Å². The van der Waals surface area contributed by atoms with E-state index in [0.717, 1.165) is 18.1 Å². The standard InChI is InChI=1S/C14H25NO2S/c16-9-14(11-3-4-11,15-12-5-6-12)10-18-8-13-2-1-7-17-13/h11-13,15-16H,1-10H2. The van der Waals surface area contributed by atoms with Crippen LogP contribution in [0.25, 0.3) is 0 Å². The quantitative estimate of drug-likeness (QED) is 0.706. The van der Waals surface area contributed by atoms with Crippen LogP contribution < -0.4 is 5.32 Å². The van der Waals surface area contributed by atoms with Crippen LogP contribution in [0, 0.1) is 5.92 Å². The van der Waals surface area contributed by atoms with Crippen LogP contribution in [0.5, 0.6) is 0 Å². The van der Waals surface area contributed by atoms with Crippen LogP contribution in [-0.4, -0.2) is 47.5 Å². The van der Waals surface area contributed by atoms with E-state index >= 15 is 0 Å². The van der Waals surface area contributed by atoms with E-state index in [2.05, 4.69) is 5.32 Å². The maximum absolute atomic E-state index is 9.85. The van der Waals surface area contributed by atoms with Crippen molar-refractivity contribution in [3.63, 3.8) is 0 Å². The lowest BCUT2D eigenvalue weighted by Crippen LogP contribution is -2.54. The molecule has 1 heterocycles. The summed E-state index contributed by atoms with van der Waals surface area (Å²) in [5.74, 6) is 2.85. The highest BCUT2D eigenvalue weighted by molar-refractivity contribution is 7.99. The molecule has 0 aromatic rings. The predicted octanol–water partition coefficient (Wildman–Crippen LogP) is 1.79. The Balaban J connectivity index is 1.48. The third-order valence-electron chi connectivity index (χ3n) is 4.40. The van der Waals surface area contributed by atoms with Gasteiger partial charge in [0.05, 0.1) is 18.2 Å². The predicted molar refractivity (Wildman–Crippen MR) is 75.0 cm³/mol. The summed E-state index contributed by atoms with van der Waals surface area (Å²) in [5, 5.41) is 13.6. The molecule has 0 aromatic carbocycles. The molecule has 104 valence electrons. The fraction of sp³-hybridized carbons (Fsp3) is 1.00. The molecule has 2 saturated carbocycles. The van der Waals surface area contributed by atoms with Crippen LogP contribution in [0.15, 0.2) is 0 Å². The smallest absolute Gasteiger partial charge is 0.0666 e. The lowest BCUT2D eigenvalue weighted by molar-refractivity contribution is 0.128. The topological polar surface area (TPSA) is 41.5 Å². The van der Waals surface area contributed by atoms with Gasteiger partial charge in [-0.2, -0.15) is 11.8 Å². The largest absolute Gasteiger partial charge is 0.394 e. The van der Waals surface area contributed by atoms with Gasteiger partial charge in [0.15, 0.2) is 0 Å². The Morgan fingerprint density at radius 1 is 1.22 bits per heavy atom. The number of aliphatic hydroxyl groups is 1. The maximum Gasteiger partial charge on any atom is 0.0666 e. The Hall–Kier alpha value is 0.230. The lowest BCUT2D eigenvalue weighted by Gasteiger charge is -2.33. The van der Waals surface area contributed by atoms with Gasteiger partial charge in [-0.15, -0.1) is 0 Å². The number of hydrogen-bond donors (Lipinski definition) is 2. The highest BCUT2D eigenvalue weighted by Gasteiger charge is 2.47. The number of thioether (sulfide) groups is 1. The Bertz CT molecular complexity index is 275. The summed E-state index contributed by atoms with van der Waals surface area (Å²) in [7, 11) is 0. The van der Waals surface area contributed by atoms with Crippen LogP contribution in [-0.2, 0) is 4.74 Å². The van der Waals surface area contributed by atoms with E-state index in [1.54, 1.807) is 0 Å². The summed E-state index contributed by atoms with van der Waals surface area (Å²) < 4.78 is 5.67. The van der Waals surface area contributed by atoms with E-state index in [0.29, 0.717) is 24.7 Å². The van der Waals surface area contributed by atoms with Crippen molar-refractivity contribution in [2.45, 2.75) is 56.2 Å². The fourth-order valence-corrected chi connectivity index (χ4v) is 4.33. The number of ether oxygens (including phenoxy) is 1. The minimum absolute atomic E-state index is 0.00440. The number of rotatable bonds is 8. The maximum atomic E-state index is 9.85. The van der Waals surface area contributed by atoms with Crippen molar-refractivity contribution in [2.24, 2.45) is 5.92 Å². The van der Waals surface area contributed by atoms with Crippen molar-refractivity contribution in [1.82, 2.24) is 5.32 Å². The summed E-state index contributed by atoms with van der Waals surface area (Å²) in [5.41, 5.74) is 0.00440. The SMILES string of the molecule is OCC(CSCC1CCCO1)(NC1CC1)C1CC1. The number of nitrogens with one attached hydrogen (secondary N) is 1. The van der Waals surface area contributed by atoms with Gasteiger partial charge in [-0.1, -0.05) is 0 Å². The van der Waals surface area contributed by atoms with Crippen LogP contribution in [0.4, 0.5) is 0 Å². The minimum Gasteiger partial charge on any atom is -0.394 e. The first-order chi connectivity index (χ1) is 8.82. The zero-order valence-electron chi connectivity index (χ0n) is 11.1. The molecule has 1 aliphatic heterocycles. The molecule has 2 atom stereocenters. The van der Waals surface area contributed by atoms with Gasteiger partial charge in [0.1, 0.15) is 0 Å². The first kappa shape index (κ1) is 13.2. The second-order valence-electron chi connectivity index (χ2n) is 6.16. The van der Waals surface area contributed by atoms with Gasteiger partial charge in [-0.3, -0.25) is 0 Å². The normalized spacial score (nSPS) is 31.5. The summed E-state index contributed by atoms with van der Waals surface area (Å²) >= 11 is 1.97. The fourth-order valence-electron chi connectivity index (χ4n) is 2.92. The average Bonchev–Trinajstić information content (AvgIpc) is 3.29. The third kappa shape index (κ3) is 3.21. The van der Waals surface area contributed by atoms with Crippen molar-refractivity contribution < 1.29 is 9.84 Å². The van der Waals surface area contributed by atoms with Crippen molar-refractivity contribution in [3.05, 3.63) is 0 Å². The number of aliphatic hydroxyl groups excluding tert-OH is 1. The molecular formula is C14H25NO2S. The van der Waals surface area contributed by atoms with Gasteiger partial charge in [0, 0.05) is 24.2 Å². The summed E-state index contributed by atoms with van der Waals surface area (Å²) in [6.45, 7) is 1.24. The molecule has 4 heteroatoms. The Morgan fingerprint density at radius 3 is 2.61 bits per heavy atom. The molecule has 2 unspecified atom stereocenters. The second-order valence-corrected chi connectivity index (χ2v) is 7.19. The molecule has 1 saturated heterocycles. The molecule has 0 aromatic heterocycles. The Labute approximate surface area is 114 Å². The molecular weight excluding hydrogens is 246 g/mol. The third-order valence-corrected chi connectivity index (χ3v) is 5.72. The Kier molecular flexibility index (Phi) is 4.18. The van der Waals surface area contributed by atoms with Gasteiger partial charge in [0.25, 0.3) is 0 Å². The van der Waals surface area contributed by atoms with Crippen molar-refractivity contribution in [3.8, 4) is 0 Å². The van der Waals surface area contributed by atoms with Crippen LogP contribution in [0.3, 0.4) is 0 Å². The molecule has 3 nitrogen and oxygen atoms in total. The van der Waals surface area contributed by atoms with Gasteiger partial charge >= 0.3 is 0 Å². The molecule has 18 heavy (non-hydrogen) atoms. The minimum atomic E-state index is 0.00440. The van der Waals surface area contributed by atoms with Gasteiger partial charge in [-0.25, -0.2) is 0 Å². The van der Waals surface area contributed by atoms with Crippen molar-refractivity contribution in [2.75, 3.05) is 24.7 Å². The van der Waals surface area contributed by atoms with Gasteiger partial charge in [0.2, 0.25) is 0 Å². The molecule has 0 bridgehead atoms. The highest BCUT2D eigenvalue weighted by Crippen LogP contribution is 2.43. The summed E-state index contributed by atoms with van der Waals surface area (Å²) in [6.07, 6.45) is 8.08. The number of hydrogen-bond acceptors (Lipinski definition) is 4. The van der Waals surface area contributed by atoms with E-state index in [-0.39, 0.29) is 5.54 Å². The first-order valence-corrected chi connectivity index (χ1v) is 8.56. The zero-order valence-corrected chi connectivity index (χ0v) is 11.9. The van der Waals surface area contributed by atoms with Crippen LogP contribution >= 0.6 is 11.8 Å². The Morgan fingerprint density at radius 2 is 2.06 bits per heavy atom. The monoisotopic (exact) mass is 271 g/mol. The van der Waals surface area contributed by atoms with E-state index < -0.39 is 0 Å². The van der Waals surface area contributed by atoms with Crippen molar-refractivity contribution in [1.29, 1.82) is 0 Å². The molecule has 3 fully saturated rings. The van der Waals surface area contributed by atoms with Crippen molar-refractivity contribution >= 4 is 11.8 Å². The van der Waals surface area contributed by atoms with Crippen LogP contribution in [0.2, 0.25) is 0 Å². The molecule has 2 aliphatic carbocycles. The molecule has 0 spiro atoms. The second kappa shape index (κ2) is 5.70. The molecule has 0 radical (unpaired) electrons. The molecule has 3 rings (SSSR count). The van der Waals surface area contributed by atoms with Gasteiger partial charge < -0.3 is 15.2 Å². The summed E-state index contributed by atoms with van der Waals surface area (Å²) in [6, 6.07) is 0.682. The molecule has 2 N–H and O–H groups in total. The highest BCUT2D eigenvalue weighted by atomic mass is 32.2. The average molecular weight is 271 g/mol.